The summed E-state index contributed by atoms with van der Waals surface area (Å²) in [4.78, 5) is 50.4. The molecular weight excluding hydrogens is 1550 g/mol. The van der Waals surface area contributed by atoms with E-state index in [0.717, 1.165) is 101 Å². The summed E-state index contributed by atoms with van der Waals surface area (Å²) < 4.78 is 83.6. The van der Waals surface area contributed by atoms with Crippen molar-refractivity contribution in [1.29, 1.82) is 0 Å². The average molecular weight is 1670 g/mol. The fraction of sp³-hybridized carbons (Fsp3) is 0.506. The summed E-state index contributed by atoms with van der Waals surface area (Å²) in [6, 6.07) is 40.9. The molecule has 640 valence electrons. The summed E-state index contributed by atoms with van der Waals surface area (Å²) >= 11 is 0. The Bertz CT molecular complexity index is 4600. The summed E-state index contributed by atoms with van der Waals surface area (Å²) in [7, 11) is -1.75. The van der Waals surface area contributed by atoms with Gasteiger partial charge in [-0.15, -0.1) is 12.4 Å². The Balaban J connectivity index is 0.000000186. The molecule has 6 aliphatic rings. The van der Waals surface area contributed by atoms with Gasteiger partial charge < -0.3 is 92.8 Å². The van der Waals surface area contributed by atoms with E-state index in [1.165, 1.54) is 23.8 Å². The number of aliphatic hydroxyl groups excluding tert-OH is 5. The second-order valence-corrected chi connectivity index (χ2v) is 32.3. The number of H-pyrrole nitrogens is 2. The molecule has 0 amide bonds. The minimum Gasteiger partial charge on any atom is -0.479 e. The highest BCUT2D eigenvalue weighted by molar-refractivity contribution is 7.86. The second-order valence-electron chi connectivity index (χ2n) is 30.6. The lowest BCUT2D eigenvalue weighted by molar-refractivity contribution is -0.142. The molecule has 2 aliphatic carbocycles. The van der Waals surface area contributed by atoms with Gasteiger partial charge in [-0.1, -0.05) is 133 Å². The quantitative estimate of drug-likeness (QED) is 0.0190. The predicted octanol–water partition coefficient (Wildman–Crippen LogP) is 8.16. The molecule has 32 heteroatoms. The van der Waals surface area contributed by atoms with Crippen molar-refractivity contribution in [3.63, 3.8) is 0 Å². The average Bonchev–Trinajstić information content (AvgIpc) is 1.63. The lowest BCUT2D eigenvalue weighted by Crippen LogP contribution is -2.35. The maximum atomic E-state index is 11.8. The fourth-order valence-electron chi connectivity index (χ4n) is 13.6. The molecule has 30 nitrogen and oxygen atoms in total. The van der Waals surface area contributed by atoms with Gasteiger partial charge in [-0.3, -0.25) is 23.6 Å². The number of halogens is 1. The van der Waals surface area contributed by atoms with E-state index < -0.39 is 45.5 Å². The molecule has 0 unspecified atom stereocenters. The van der Waals surface area contributed by atoms with E-state index >= 15 is 0 Å². The first-order valence-corrected chi connectivity index (χ1v) is 40.9. The van der Waals surface area contributed by atoms with Gasteiger partial charge in [0.2, 0.25) is 5.88 Å². The van der Waals surface area contributed by atoms with Crippen molar-refractivity contribution in [2.24, 2.45) is 0 Å². The highest BCUT2D eigenvalue weighted by Crippen LogP contribution is 2.32. The number of aromatic nitrogens is 7. The van der Waals surface area contributed by atoms with E-state index in [0.29, 0.717) is 96.7 Å². The summed E-state index contributed by atoms with van der Waals surface area (Å²) in [5, 5.41) is 48.9. The van der Waals surface area contributed by atoms with E-state index in [1.54, 1.807) is 27.3 Å². The molecule has 8 aromatic rings. The number of benzene rings is 4. The van der Waals surface area contributed by atoms with Gasteiger partial charge >= 0.3 is 0 Å². The number of aromatic amines is 2. The Morgan fingerprint density at radius 1 is 0.598 bits per heavy atom. The number of hydrogen-bond acceptors (Lipinski definition) is 27. The number of aliphatic hydroxyl groups is 5. The molecule has 4 aromatic carbocycles. The molecule has 4 aliphatic heterocycles. The molecule has 14 rings (SSSR count). The van der Waals surface area contributed by atoms with E-state index in [1.807, 2.05) is 119 Å². The fourth-order valence-corrected chi connectivity index (χ4v) is 14.0. The van der Waals surface area contributed by atoms with Crippen molar-refractivity contribution < 1.29 is 85.5 Å². The zero-order valence-corrected chi connectivity index (χ0v) is 70.2. The van der Waals surface area contributed by atoms with Gasteiger partial charge in [-0.25, -0.2) is 15.0 Å². The lowest BCUT2D eigenvalue weighted by Gasteiger charge is -2.25. The Morgan fingerprint density at radius 2 is 1.09 bits per heavy atom. The van der Waals surface area contributed by atoms with Crippen LogP contribution in [0.2, 0.25) is 0 Å². The maximum absolute atomic E-state index is 11.8. The van der Waals surface area contributed by atoms with Gasteiger partial charge in [0.15, 0.2) is 23.1 Å². The van der Waals surface area contributed by atoms with Crippen LogP contribution in [0.5, 0.6) is 5.88 Å². The maximum Gasteiger partial charge on any atom is 0.264 e. The number of hydrogen-bond donors (Lipinski definition) is 8. The zero-order valence-electron chi connectivity index (χ0n) is 68.5. The van der Waals surface area contributed by atoms with Crippen LogP contribution in [0.4, 0.5) is 0 Å². The van der Waals surface area contributed by atoms with Crippen molar-refractivity contribution in [2.45, 2.75) is 187 Å². The highest BCUT2D eigenvalue weighted by atomic mass is 35.5. The molecule has 8 heterocycles. The second kappa shape index (κ2) is 46.0. The van der Waals surface area contributed by atoms with Crippen LogP contribution >= 0.6 is 12.4 Å². The number of ether oxygens (including phenoxy) is 10. The third-order valence-electron chi connectivity index (χ3n) is 18.9. The predicted molar refractivity (Wildman–Crippen MR) is 444 cm³/mol. The third-order valence-corrected chi connectivity index (χ3v) is 19.5. The van der Waals surface area contributed by atoms with Crippen LogP contribution in [0.15, 0.2) is 168 Å². The Kier molecular flexibility index (Phi) is 37.2. The van der Waals surface area contributed by atoms with Gasteiger partial charge in [0.1, 0.15) is 36.3 Å². The zero-order chi connectivity index (χ0) is 83.3. The van der Waals surface area contributed by atoms with Crippen molar-refractivity contribution in [3.8, 4) is 5.88 Å². The first-order chi connectivity index (χ1) is 55.5. The van der Waals surface area contributed by atoms with E-state index in [2.05, 4.69) is 116 Å². The summed E-state index contributed by atoms with van der Waals surface area (Å²) in [5.41, 5.74) is 12.4. The summed E-state index contributed by atoms with van der Waals surface area (Å²) in [5.74, 6) is -1.57. The van der Waals surface area contributed by atoms with Crippen molar-refractivity contribution >= 4 is 44.7 Å². The number of allylic oxidation sites excluding steroid dienone is 3. The molecule has 0 radical (unpaired) electrons. The lowest BCUT2D eigenvalue weighted by atomic mass is 10.1. The smallest absolute Gasteiger partial charge is 0.264 e. The van der Waals surface area contributed by atoms with Crippen LogP contribution < -0.4 is 21.2 Å². The van der Waals surface area contributed by atoms with E-state index in [9.17, 15) is 28.2 Å². The highest BCUT2D eigenvalue weighted by Gasteiger charge is 2.37. The van der Waals surface area contributed by atoms with Gasteiger partial charge in [0.25, 0.3) is 21.2 Å². The molecule has 4 saturated heterocycles. The Labute approximate surface area is 691 Å². The minimum atomic E-state index is -3.38. The monoisotopic (exact) mass is 1660 g/mol. The van der Waals surface area contributed by atoms with Gasteiger partial charge in [-0.05, 0) is 121 Å². The number of rotatable bonds is 31. The van der Waals surface area contributed by atoms with Gasteiger partial charge in [0, 0.05) is 75.2 Å². The van der Waals surface area contributed by atoms with Crippen LogP contribution in [0.3, 0.4) is 0 Å². The topological polar surface area (TPSA) is 378 Å². The molecule has 0 bridgehead atoms. The SMILES string of the molecule is CC1(C)OC[C@@H](CNCc2ccccc2)O1.CC1(C)OC[C@@H](CO)O1.CC1(C)OC[C@@H](COS(C)(=O)=O)O1.COc1ncnc2c(CN(Cc3ccccc3)C[C@@H]3COC(C)(C)O3)cn(COCc3ccccc3)c12.Cl.O=c1[nH]cnc2c1CC=C2CCC[C@@H](O)CO.O=c1[nH]cnc2c1CC=C2CN(Cc1ccccc1)C[C@@H](O)CO. The molecule has 4 fully saturated rings. The molecule has 0 saturated carbocycles. The molecule has 6 atom stereocenters. The molecule has 117 heavy (non-hydrogen) atoms. The van der Waals surface area contributed by atoms with E-state index in [-0.39, 0.29) is 74.4 Å². The largest absolute Gasteiger partial charge is 0.479 e. The third kappa shape index (κ3) is 31.6. The van der Waals surface area contributed by atoms with Crippen molar-refractivity contribution in [1.82, 2.24) is 49.6 Å². The van der Waals surface area contributed by atoms with Crippen molar-refractivity contribution in [2.75, 3.05) is 92.4 Å². The molecule has 4 aromatic heterocycles. The number of nitrogens with one attached hydrogen (secondary N) is 3. The van der Waals surface area contributed by atoms with E-state index in [4.69, 9.17) is 62.7 Å². The molecule has 0 spiro atoms. The molecular formula is C85H117ClN10O20S. The Morgan fingerprint density at radius 3 is 1.58 bits per heavy atom. The molecule has 8 N–H and O–H groups in total. The standard InChI is InChI=1S/C29H34N4O4.C18H21N3O3.C13H19NO2.C12H16N2O3.C7H14O5S.C6H12O3.ClH/c1-29(2)36-19-25(37-29)17-32(14-22-10-6-4-7-11-22)15-24-16-33(21-35-18-23-12-8-5-9-13-23)27-26(24)30-20-31-28(27)34-3;22-11-15(23)10-21(8-13-4-2-1-3-5-13)9-14-6-7-16-17(14)19-12-20-18(16)24;1-13(2)15-10-12(16-13)9-14-8-11-6-4-3-5-7-11;15-6-9(16)3-1-2-8-4-5-10-11(8)13-7-14-12(10)17;1-7(2)10-4-6(12-7)5-11-13(3,8)9;1-6(2)8-4-5(3-7)9-6;/h4-13,16,20,25H,14-15,17-19,21H2,1-3H3;1-6,12,15,22-23H,7-11H2,(H,19,20,24);3-7,12,14H,8-10H2,1-2H3;4,7,9,15-16H,1-3,5-6H2,(H,13,14,17);6H,4-5H2,1-3H3;5,7H,3-4H2,1-2H3;1H/t25-;15-;12-;9-;6-;5-;/m111101./s1. The van der Waals surface area contributed by atoms with Crippen LogP contribution in [-0.4, -0.2) is 230 Å². The van der Waals surface area contributed by atoms with Gasteiger partial charge in [-0.2, -0.15) is 13.4 Å². The van der Waals surface area contributed by atoms with Crippen LogP contribution in [0, 0.1) is 0 Å². The number of fused-ring (bicyclic) bond motifs is 3. The van der Waals surface area contributed by atoms with Gasteiger partial charge in [0.05, 0.1) is 121 Å². The summed E-state index contributed by atoms with van der Waals surface area (Å²) in [6.45, 7) is 23.1. The Hall–Kier alpha value is -7.94. The minimum absolute atomic E-state index is 0. The first kappa shape index (κ1) is 94.5. The van der Waals surface area contributed by atoms with Crippen molar-refractivity contribution in [3.05, 3.63) is 230 Å². The number of methoxy groups -OCH3 is 1. The van der Waals surface area contributed by atoms with Crippen LogP contribution in [0.1, 0.15) is 125 Å². The first-order valence-electron chi connectivity index (χ1n) is 39.1. The summed E-state index contributed by atoms with van der Waals surface area (Å²) in [6.07, 6.45) is 13.1. The number of nitrogens with zero attached hydrogens (tertiary/aromatic N) is 7. The van der Waals surface area contributed by atoms with Crippen LogP contribution in [-0.2, 0) is 109 Å². The van der Waals surface area contributed by atoms with Crippen LogP contribution in [0.25, 0.3) is 22.2 Å². The normalized spacial score (nSPS) is 19.5.